The molecule has 0 spiro atoms. The molecule has 0 aliphatic carbocycles. The molecule has 1 aliphatic rings. The Morgan fingerprint density at radius 1 is 1.22 bits per heavy atom. The van der Waals surface area contributed by atoms with Crippen molar-refractivity contribution in [2.45, 2.75) is 39.3 Å². The molecule has 3 rings (SSSR count). The number of carbonyl (C=O) groups is 1. The third-order valence-corrected chi connectivity index (χ3v) is 6.38. The lowest BCUT2D eigenvalue weighted by atomic mass is 9.84. The predicted molar refractivity (Wildman–Crippen MR) is 111 cm³/mol. The van der Waals surface area contributed by atoms with Gasteiger partial charge in [-0.05, 0) is 55.3 Å². The fourth-order valence-corrected chi connectivity index (χ4v) is 4.57. The maximum Gasteiger partial charge on any atom is 0.223 e. The van der Waals surface area contributed by atoms with Gasteiger partial charge in [-0.1, -0.05) is 31.2 Å². The molecule has 1 atom stereocenters. The van der Waals surface area contributed by atoms with Gasteiger partial charge in [0.1, 0.15) is 5.75 Å². The molecule has 2 heterocycles. The highest BCUT2D eigenvalue weighted by Crippen LogP contribution is 2.27. The van der Waals surface area contributed by atoms with Crippen molar-refractivity contribution < 1.29 is 9.53 Å². The van der Waals surface area contributed by atoms with E-state index in [1.807, 2.05) is 35.2 Å². The Morgan fingerprint density at radius 2 is 2.00 bits per heavy atom. The van der Waals surface area contributed by atoms with Gasteiger partial charge in [0.05, 0.1) is 13.7 Å². The van der Waals surface area contributed by atoms with Crippen LogP contribution in [0.4, 0.5) is 0 Å². The molecule has 2 aromatic rings. The standard InChI is InChI=1S/C22H30N2O2S/c1-17(18-9-11-23-12-10-18)14-22(25)24(16-20-7-5-13-27-20)15-19-6-3-4-8-21(19)26-2/h3-8,13,17-18,23H,9-12,14-16H2,1-2H3. The van der Waals surface area contributed by atoms with E-state index in [-0.39, 0.29) is 5.91 Å². The zero-order valence-electron chi connectivity index (χ0n) is 16.3. The van der Waals surface area contributed by atoms with Crippen LogP contribution in [0.3, 0.4) is 0 Å². The summed E-state index contributed by atoms with van der Waals surface area (Å²) in [5.74, 6) is 2.14. The lowest BCUT2D eigenvalue weighted by Crippen LogP contribution is -2.35. The summed E-state index contributed by atoms with van der Waals surface area (Å²) >= 11 is 1.70. The van der Waals surface area contributed by atoms with E-state index in [2.05, 4.69) is 23.7 Å². The van der Waals surface area contributed by atoms with E-state index in [4.69, 9.17) is 4.74 Å². The normalized spacial score (nSPS) is 16.1. The van der Waals surface area contributed by atoms with Crippen LogP contribution in [0.15, 0.2) is 41.8 Å². The van der Waals surface area contributed by atoms with E-state index in [9.17, 15) is 4.79 Å². The Hall–Kier alpha value is -1.85. The van der Waals surface area contributed by atoms with Gasteiger partial charge in [-0.15, -0.1) is 11.3 Å². The van der Waals surface area contributed by atoms with E-state index in [0.717, 1.165) is 24.4 Å². The summed E-state index contributed by atoms with van der Waals surface area (Å²) in [4.78, 5) is 16.4. The van der Waals surface area contributed by atoms with Crippen molar-refractivity contribution in [2.75, 3.05) is 20.2 Å². The lowest BCUT2D eigenvalue weighted by molar-refractivity contribution is -0.133. The number of hydrogen-bond acceptors (Lipinski definition) is 4. The number of rotatable bonds is 8. The fourth-order valence-electron chi connectivity index (χ4n) is 3.85. The highest BCUT2D eigenvalue weighted by molar-refractivity contribution is 7.09. The van der Waals surface area contributed by atoms with Crippen molar-refractivity contribution in [3.05, 3.63) is 52.2 Å². The number of piperidine rings is 1. The van der Waals surface area contributed by atoms with E-state index < -0.39 is 0 Å². The van der Waals surface area contributed by atoms with Crippen molar-refractivity contribution in [3.8, 4) is 5.75 Å². The van der Waals surface area contributed by atoms with Gasteiger partial charge in [0.15, 0.2) is 0 Å². The average Bonchev–Trinajstić information content (AvgIpc) is 3.21. The van der Waals surface area contributed by atoms with Crippen LogP contribution in [-0.4, -0.2) is 31.0 Å². The first-order chi connectivity index (χ1) is 13.2. The van der Waals surface area contributed by atoms with Crippen molar-refractivity contribution >= 4 is 17.2 Å². The number of nitrogens with zero attached hydrogens (tertiary/aromatic N) is 1. The van der Waals surface area contributed by atoms with Crippen molar-refractivity contribution in [3.63, 3.8) is 0 Å². The molecule has 0 bridgehead atoms. The van der Waals surface area contributed by atoms with E-state index in [1.165, 1.54) is 17.7 Å². The SMILES string of the molecule is COc1ccccc1CN(Cc1cccs1)C(=O)CC(C)C1CCNCC1. The highest BCUT2D eigenvalue weighted by atomic mass is 32.1. The third-order valence-electron chi connectivity index (χ3n) is 5.52. The quantitative estimate of drug-likeness (QED) is 0.735. The molecule has 0 radical (unpaired) electrons. The Kier molecular flexibility index (Phi) is 7.30. The van der Waals surface area contributed by atoms with Gasteiger partial charge in [-0.2, -0.15) is 0 Å². The average molecular weight is 387 g/mol. The minimum Gasteiger partial charge on any atom is -0.496 e. The minimum absolute atomic E-state index is 0.236. The molecule has 5 heteroatoms. The van der Waals surface area contributed by atoms with Gasteiger partial charge in [0.2, 0.25) is 5.91 Å². The van der Waals surface area contributed by atoms with Crippen LogP contribution in [0.1, 0.15) is 36.6 Å². The molecule has 4 nitrogen and oxygen atoms in total. The van der Waals surface area contributed by atoms with Crippen molar-refractivity contribution in [2.24, 2.45) is 11.8 Å². The molecule has 1 fully saturated rings. The molecule has 1 saturated heterocycles. The Labute approximate surface area is 166 Å². The second-order valence-corrected chi connectivity index (χ2v) is 8.44. The van der Waals surface area contributed by atoms with Gasteiger partial charge >= 0.3 is 0 Å². The topological polar surface area (TPSA) is 41.6 Å². The Balaban J connectivity index is 1.71. The molecule has 1 aliphatic heterocycles. The molecule has 1 aromatic carbocycles. The smallest absolute Gasteiger partial charge is 0.223 e. The van der Waals surface area contributed by atoms with Crippen LogP contribution >= 0.6 is 11.3 Å². The largest absolute Gasteiger partial charge is 0.496 e. The molecular formula is C22H30N2O2S. The van der Waals surface area contributed by atoms with E-state index >= 15 is 0 Å². The lowest BCUT2D eigenvalue weighted by Gasteiger charge is -2.30. The summed E-state index contributed by atoms with van der Waals surface area (Å²) < 4.78 is 5.50. The fraction of sp³-hybridized carbons (Fsp3) is 0.500. The summed E-state index contributed by atoms with van der Waals surface area (Å²) in [7, 11) is 1.68. The Morgan fingerprint density at radius 3 is 2.70 bits per heavy atom. The van der Waals surface area contributed by atoms with E-state index in [0.29, 0.717) is 31.3 Å². The number of hydrogen-bond donors (Lipinski definition) is 1. The summed E-state index contributed by atoms with van der Waals surface area (Å²) in [5.41, 5.74) is 1.06. The zero-order chi connectivity index (χ0) is 19.1. The number of methoxy groups -OCH3 is 1. The molecule has 1 unspecified atom stereocenters. The number of benzene rings is 1. The second-order valence-electron chi connectivity index (χ2n) is 7.41. The van der Waals surface area contributed by atoms with Gasteiger partial charge < -0.3 is 15.0 Å². The number of para-hydroxylation sites is 1. The summed E-state index contributed by atoms with van der Waals surface area (Å²) in [6, 6.07) is 12.1. The number of ether oxygens (including phenoxy) is 1. The first-order valence-corrected chi connectivity index (χ1v) is 10.7. The number of carbonyl (C=O) groups excluding carboxylic acids is 1. The first kappa shape index (κ1) is 19.9. The maximum atomic E-state index is 13.2. The van der Waals surface area contributed by atoms with Crippen LogP contribution in [0.25, 0.3) is 0 Å². The number of nitrogens with one attached hydrogen (secondary N) is 1. The predicted octanol–water partition coefficient (Wildman–Crippen LogP) is 4.31. The van der Waals surface area contributed by atoms with Gasteiger partial charge in [0, 0.05) is 23.4 Å². The van der Waals surface area contributed by atoms with Crippen LogP contribution in [-0.2, 0) is 17.9 Å². The number of amides is 1. The second kappa shape index (κ2) is 9.90. The summed E-state index contributed by atoms with van der Waals surface area (Å²) in [6.45, 7) is 5.63. The molecule has 146 valence electrons. The van der Waals surface area contributed by atoms with Crippen LogP contribution in [0, 0.1) is 11.8 Å². The summed E-state index contributed by atoms with van der Waals surface area (Å²) in [5, 5.41) is 5.48. The van der Waals surface area contributed by atoms with Crippen LogP contribution < -0.4 is 10.1 Å². The van der Waals surface area contributed by atoms with Gasteiger partial charge in [-0.3, -0.25) is 4.79 Å². The first-order valence-electron chi connectivity index (χ1n) is 9.80. The molecule has 0 saturated carbocycles. The molecule has 1 N–H and O–H groups in total. The van der Waals surface area contributed by atoms with Gasteiger partial charge in [-0.25, -0.2) is 0 Å². The van der Waals surface area contributed by atoms with E-state index in [1.54, 1.807) is 18.4 Å². The maximum absolute atomic E-state index is 13.2. The minimum atomic E-state index is 0.236. The summed E-state index contributed by atoms with van der Waals surface area (Å²) in [6.07, 6.45) is 2.96. The molecule has 1 aromatic heterocycles. The highest BCUT2D eigenvalue weighted by Gasteiger charge is 2.25. The van der Waals surface area contributed by atoms with Crippen LogP contribution in [0.5, 0.6) is 5.75 Å². The van der Waals surface area contributed by atoms with Crippen molar-refractivity contribution in [1.29, 1.82) is 0 Å². The van der Waals surface area contributed by atoms with Crippen LogP contribution in [0.2, 0.25) is 0 Å². The monoisotopic (exact) mass is 386 g/mol. The molecule has 27 heavy (non-hydrogen) atoms. The molecular weight excluding hydrogens is 356 g/mol. The zero-order valence-corrected chi connectivity index (χ0v) is 17.1. The molecule has 1 amide bonds. The third kappa shape index (κ3) is 5.56. The van der Waals surface area contributed by atoms with Crippen molar-refractivity contribution in [1.82, 2.24) is 10.2 Å². The Bertz CT molecular complexity index is 711. The number of thiophene rings is 1. The van der Waals surface area contributed by atoms with Gasteiger partial charge in [0.25, 0.3) is 0 Å².